The monoisotopic (exact) mass is 1680 g/mol. The highest BCUT2D eigenvalue weighted by atomic mass is 32.1. The van der Waals surface area contributed by atoms with Crippen LogP contribution in [0.4, 0.5) is 23.3 Å². The van der Waals surface area contributed by atoms with E-state index in [1.165, 1.54) is 33.2 Å². The molecule has 123 heavy (non-hydrogen) atoms. The summed E-state index contributed by atoms with van der Waals surface area (Å²) in [7, 11) is 0. The molecule has 0 radical (unpaired) electrons. The molecular weight excluding hydrogens is 1600 g/mol. The maximum absolute atomic E-state index is 13.0. The summed E-state index contributed by atoms with van der Waals surface area (Å²) < 4.78 is 0. The highest BCUT2D eigenvalue weighted by Crippen LogP contribution is 2.43. The van der Waals surface area contributed by atoms with Crippen molar-refractivity contribution in [3.63, 3.8) is 0 Å². The molecule has 8 aromatic heterocycles. The van der Waals surface area contributed by atoms with Crippen LogP contribution in [0.2, 0.25) is 0 Å². The van der Waals surface area contributed by atoms with Crippen LogP contribution >= 0.6 is 45.3 Å². The third-order valence-electron chi connectivity index (χ3n) is 22.1. The van der Waals surface area contributed by atoms with E-state index in [1.54, 1.807) is 45.3 Å². The number of hydrogen-bond donors (Lipinski definition) is 4. The maximum atomic E-state index is 13.0. The van der Waals surface area contributed by atoms with Crippen LogP contribution in [0, 0.1) is 0 Å². The van der Waals surface area contributed by atoms with E-state index < -0.39 is 0 Å². The summed E-state index contributed by atoms with van der Waals surface area (Å²) in [5, 5.41) is 22.5. The minimum Gasteiger partial charge on any atom is -0.309 e. The summed E-state index contributed by atoms with van der Waals surface area (Å²) in [6, 6.07) is 94.0. The van der Waals surface area contributed by atoms with Crippen molar-refractivity contribution in [3.05, 3.63) is 368 Å². The Labute approximate surface area is 729 Å². The van der Waals surface area contributed by atoms with Gasteiger partial charge in [-0.2, -0.15) is 0 Å². The van der Waals surface area contributed by atoms with E-state index in [9.17, 15) is 19.2 Å². The first kappa shape index (κ1) is 80.3. The van der Waals surface area contributed by atoms with Crippen molar-refractivity contribution < 1.29 is 19.2 Å². The molecule has 9 aromatic carbocycles. The average Bonchev–Trinajstić information content (AvgIpc) is 1.73. The second kappa shape index (κ2) is 37.9. The van der Waals surface area contributed by atoms with Gasteiger partial charge in [-0.15, -0.1) is 45.3 Å². The van der Waals surface area contributed by atoms with Gasteiger partial charge in [0.25, 0.3) is 0 Å². The normalized spacial score (nSPS) is 12.2. The van der Waals surface area contributed by atoms with Gasteiger partial charge in [0, 0.05) is 35.1 Å². The SMILES string of the molecule is O=C(CCCc1ccccc1)Nc1nc2c(nc1-c1cccs1)-c1ccccc1CC2.O=C(CCc1ccccc1)Nc1nc2c(nc1-c1cccs1)-c1ccccc1CC2.O=C(Cc1ccc2ccccc2c1)Nc1nc2c(nc1-c1cccs1)-c1ccccc1CC2.O=C(Cc1ccccc1)Nc1nc2c(nc1-c1cccs1)-c1ccccc1CC2. The van der Waals surface area contributed by atoms with E-state index in [1.807, 2.05) is 191 Å². The molecule has 0 fully saturated rings. The first-order chi connectivity index (χ1) is 60.6. The number of amides is 4. The smallest absolute Gasteiger partial charge is 0.230 e. The fourth-order valence-electron chi connectivity index (χ4n) is 16.1. The van der Waals surface area contributed by atoms with Gasteiger partial charge in [-0.3, -0.25) is 19.2 Å². The number of hydrogen-bond acceptors (Lipinski definition) is 16. The number of carbonyl (C=O) groups excluding carboxylic acids is 4. The lowest BCUT2D eigenvalue weighted by molar-refractivity contribution is -0.117. The van der Waals surface area contributed by atoms with Crippen LogP contribution in [0.1, 0.15) is 86.5 Å². The zero-order valence-electron chi connectivity index (χ0n) is 67.3. The standard InChI is InChI=1S/C28H21N3OS.C26H23N3OS.C25H21N3OS.C24H19N3OS/c32-25(17-18-11-12-19-6-1-2-8-21(19)16-18)30-28-27(24-10-5-15-33-24)31-26-22-9-4-3-7-20(22)13-14-23(26)29-28;30-23(14-6-10-18-8-2-1-3-9-18)28-26-25(22-13-7-17-31-22)29-24-20-12-5-4-11-19(20)15-16-21(24)27-26;29-22(15-12-17-7-2-1-3-8-17)27-25-24(21-11-6-16-30-21)28-23-19-10-5-4-9-18(19)13-14-20(23)26-25;28-21(15-16-7-2-1-3-8-16)26-24-23(20-11-6-14-29-20)27-22-18-10-5-4-9-17(18)12-13-19(22)25-24/h1-12,15-16H,13-14,17H2,(H,29,30,32);1-5,7-9,11-13,17H,6,10,14-16H2,(H,27,28,30);1-11,16H,12-15H2,(H,26,27,29);1-11,14H,12-13,15H2,(H,25,26,28). The molecule has 17 aromatic rings. The fraction of sp³-hybridized carbons (Fsp3) is 0.146. The molecule has 4 amide bonds. The third-order valence-corrected chi connectivity index (χ3v) is 25.6. The number of thiophene rings is 4. The summed E-state index contributed by atoms with van der Waals surface area (Å²) >= 11 is 6.42. The number of benzene rings is 9. The summed E-state index contributed by atoms with van der Waals surface area (Å²) in [6.07, 6.45) is 10.9. The number of nitrogens with zero attached hydrogens (tertiary/aromatic N) is 8. The average molecular weight is 1680 g/mol. The molecule has 4 N–H and O–H groups in total. The van der Waals surface area contributed by atoms with Crippen LogP contribution < -0.4 is 21.3 Å². The van der Waals surface area contributed by atoms with Gasteiger partial charge in [-0.25, -0.2) is 39.9 Å². The topological polar surface area (TPSA) is 220 Å². The molecule has 16 nitrogen and oxygen atoms in total. The molecule has 0 atom stereocenters. The van der Waals surface area contributed by atoms with Crippen molar-refractivity contribution in [2.75, 3.05) is 21.3 Å². The lowest BCUT2D eigenvalue weighted by Gasteiger charge is -2.20. The van der Waals surface area contributed by atoms with Gasteiger partial charge in [0.15, 0.2) is 23.3 Å². The Bertz CT molecular complexity index is 6650. The molecule has 0 bridgehead atoms. The molecule has 0 saturated heterocycles. The van der Waals surface area contributed by atoms with E-state index in [0.717, 1.165) is 196 Å². The van der Waals surface area contributed by atoms with Crippen molar-refractivity contribution in [2.45, 2.75) is 96.3 Å². The van der Waals surface area contributed by atoms with E-state index in [4.69, 9.17) is 39.9 Å². The first-order valence-corrected chi connectivity index (χ1v) is 45.0. The summed E-state index contributed by atoms with van der Waals surface area (Å²) in [4.78, 5) is 94.7. The van der Waals surface area contributed by atoms with Gasteiger partial charge in [-0.1, -0.05) is 255 Å². The maximum Gasteiger partial charge on any atom is 0.230 e. The zero-order chi connectivity index (χ0) is 83.2. The molecule has 4 aliphatic rings. The minimum atomic E-state index is -0.0893. The molecule has 0 unspecified atom stereocenters. The quantitative estimate of drug-likeness (QED) is 0.0594. The van der Waals surface area contributed by atoms with Gasteiger partial charge < -0.3 is 21.3 Å². The van der Waals surface area contributed by atoms with Gasteiger partial charge >= 0.3 is 0 Å². The van der Waals surface area contributed by atoms with Crippen molar-refractivity contribution in [2.24, 2.45) is 0 Å². The molecule has 0 saturated carbocycles. The summed E-state index contributed by atoms with van der Waals surface area (Å²) in [5.41, 5.74) is 24.6. The minimum absolute atomic E-state index is 0.0146. The van der Waals surface area contributed by atoms with Gasteiger partial charge in [0.2, 0.25) is 23.6 Å². The second-order valence-electron chi connectivity index (χ2n) is 30.4. The second-order valence-corrected chi connectivity index (χ2v) is 34.2. The molecule has 0 aliphatic heterocycles. The number of aromatic nitrogens is 8. The van der Waals surface area contributed by atoms with E-state index in [0.29, 0.717) is 49.0 Å². The zero-order valence-corrected chi connectivity index (χ0v) is 70.6. The van der Waals surface area contributed by atoms with Crippen molar-refractivity contribution in [1.29, 1.82) is 0 Å². The van der Waals surface area contributed by atoms with Crippen molar-refractivity contribution in [3.8, 4) is 87.3 Å². The fourth-order valence-corrected chi connectivity index (χ4v) is 18.9. The Morgan fingerprint density at radius 1 is 0.252 bits per heavy atom. The van der Waals surface area contributed by atoms with E-state index >= 15 is 0 Å². The van der Waals surface area contributed by atoms with Crippen LogP contribution in [0.3, 0.4) is 0 Å². The summed E-state index contributed by atoms with van der Waals surface area (Å²) in [5.74, 6) is 2.00. The van der Waals surface area contributed by atoms with Crippen LogP contribution in [0.25, 0.3) is 98.1 Å². The molecule has 0 spiro atoms. The predicted molar refractivity (Wildman–Crippen MR) is 499 cm³/mol. The molecule has 604 valence electrons. The predicted octanol–water partition coefficient (Wildman–Crippen LogP) is 22.9. The number of nitrogens with one attached hydrogen (secondary N) is 4. The van der Waals surface area contributed by atoms with Crippen molar-refractivity contribution in [1.82, 2.24) is 39.9 Å². The molecule has 4 aliphatic carbocycles. The highest BCUT2D eigenvalue weighted by Gasteiger charge is 2.29. The molecular formula is C103H84N12O4S4. The Morgan fingerprint density at radius 3 is 0.927 bits per heavy atom. The van der Waals surface area contributed by atoms with E-state index in [2.05, 4.69) is 130 Å². The molecule has 8 heterocycles. The Kier molecular flexibility index (Phi) is 24.7. The van der Waals surface area contributed by atoms with Crippen LogP contribution in [-0.4, -0.2) is 63.5 Å². The lowest BCUT2D eigenvalue weighted by atomic mass is 9.92. The number of aryl methyl sites for hydroxylation is 10. The molecule has 20 heteroatoms. The Morgan fingerprint density at radius 2 is 0.561 bits per heavy atom. The Hall–Kier alpha value is -13.8. The van der Waals surface area contributed by atoms with Crippen LogP contribution in [-0.2, 0) is 96.2 Å². The van der Waals surface area contributed by atoms with Crippen molar-refractivity contribution >= 4 is 103 Å². The van der Waals surface area contributed by atoms with E-state index in [-0.39, 0.29) is 30.0 Å². The number of rotatable bonds is 19. The first-order valence-electron chi connectivity index (χ1n) is 41.5. The number of anilines is 4. The Balaban J connectivity index is 0.000000112. The lowest BCUT2D eigenvalue weighted by Crippen LogP contribution is -2.18. The highest BCUT2D eigenvalue weighted by molar-refractivity contribution is 7.14. The van der Waals surface area contributed by atoms with Gasteiger partial charge in [0.1, 0.15) is 22.8 Å². The van der Waals surface area contributed by atoms with Crippen LogP contribution in [0.15, 0.2) is 301 Å². The van der Waals surface area contributed by atoms with Gasteiger partial charge in [0.05, 0.1) is 77.9 Å². The molecule has 21 rings (SSSR count). The van der Waals surface area contributed by atoms with Gasteiger partial charge in [-0.05, 0) is 172 Å². The van der Waals surface area contributed by atoms with Crippen LogP contribution in [0.5, 0.6) is 0 Å². The summed E-state index contributed by atoms with van der Waals surface area (Å²) in [6.45, 7) is 0. The third kappa shape index (κ3) is 19.1. The largest absolute Gasteiger partial charge is 0.309 e. The number of fused-ring (bicyclic) bond motifs is 13. The number of carbonyl (C=O) groups is 4.